The van der Waals surface area contributed by atoms with E-state index in [1.165, 1.54) is 36.4 Å². The Morgan fingerprint density at radius 3 is 2.33 bits per heavy atom. The molecular weight excluding hydrogens is 342 g/mol. The molecule has 0 aliphatic carbocycles. The van der Waals surface area contributed by atoms with Crippen molar-refractivity contribution in [2.24, 2.45) is 5.92 Å². The van der Waals surface area contributed by atoms with Crippen LogP contribution in [0.1, 0.15) is 38.2 Å². The molecule has 3 rings (SSSR count). The molecule has 6 nitrogen and oxygen atoms in total. The zero-order valence-corrected chi connectivity index (χ0v) is 16.4. The fourth-order valence-electron chi connectivity index (χ4n) is 4.18. The average molecular weight is 376 g/mol. The van der Waals surface area contributed by atoms with E-state index < -0.39 is 0 Å². The number of hydrogen-bond acceptors (Lipinski definition) is 3. The molecule has 1 aromatic rings. The Balaban J connectivity index is 1.39. The number of anilines is 1. The molecule has 148 valence electrons. The van der Waals surface area contributed by atoms with Crippen LogP contribution in [0.2, 0.25) is 0 Å². The summed E-state index contributed by atoms with van der Waals surface area (Å²) >= 11 is 0. The summed E-state index contributed by atoms with van der Waals surface area (Å²) in [7, 11) is 0. The molecule has 2 saturated heterocycles. The molecule has 0 bridgehead atoms. The van der Waals surface area contributed by atoms with Crippen molar-refractivity contribution in [3.8, 4) is 0 Å². The van der Waals surface area contributed by atoms with E-state index in [0.717, 1.165) is 38.2 Å². The van der Waals surface area contributed by atoms with Crippen molar-refractivity contribution >= 4 is 17.6 Å². The van der Waals surface area contributed by atoms with Gasteiger partial charge in [0, 0.05) is 36.9 Å². The number of ether oxygens (including phenoxy) is 1. The van der Waals surface area contributed by atoms with Gasteiger partial charge in [-0.25, -0.2) is 0 Å². The van der Waals surface area contributed by atoms with Crippen molar-refractivity contribution in [3.63, 3.8) is 0 Å². The van der Waals surface area contributed by atoms with Crippen LogP contribution < -0.4 is 15.1 Å². The van der Waals surface area contributed by atoms with Crippen molar-refractivity contribution in [3.05, 3.63) is 29.8 Å². The summed E-state index contributed by atoms with van der Waals surface area (Å²) < 4.78 is 5.10. The van der Waals surface area contributed by atoms with Crippen LogP contribution in [0.25, 0.3) is 0 Å². The third-order valence-electron chi connectivity index (χ3n) is 5.73. The van der Waals surface area contributed by atoms with E-state index in [4.69, 9.17) is 4.74 Å². The van der Waals surface area contributed by atoms with Crippen LogP contribution in [-0.4, -0.2) is 51.2 Å². The second-order valence-electron chi connectivity index (χ2n) is 7.83. The summed E-state index contributed by atoms with van der Waals surface area (Å²) in [5.41, 5.74) is 2.19. The first-order valence-electron chi connectivity index (χ1n) is 10.4. The van der Waals surface area contributed by atoms with E-state index in [1.54, 1.807) is 4.90 Å². The molecule has 0 radical (unpaired) electrons. The van der Waals surface area contributed by atoms with E-state index in [2.05, 4.69) is 17.4 Å². The summed E-state index contributed by atoms with van der Waals surface area (Å²) in [6.45, 7) is 8.03. The number of piperidine rings is 1. The Morgan fingerprint density at radius 2 is 1.70 bits per heavy atom. The SMILES string of the molecule is CCOC(=O)C1CC[NH+](CC(=O)Nc2ccc(C[NH+]3CCCC3)cc2)CC1. The molecule has 2 fully saturated rings. The van der Waals surface area contributed by atoms with Crippen molar-refractivity contribution in [1.82, 2.24) is 0 Å². The van der Waals surface area contributed by atoms with Crippen molar-refractivity contribution < 1.29 is 24.1 Å². The molecule has 0 spiro atoms. The average Bonchev–Trinajstić information content (AvgIpc) is 3.17. The van der Waals surface area contributed by atoms with Gasteiger partial charge in [-0.2, -0.15) is 0 Å². The first-order valence-corrected chi connectivity index (χ1v) is 10.4. The number of likely N-dealkylation sites (tertiary alicyclic amines) is 2. The minimum atomic E-state index is -0.0862. The minimum Gasteiger partial charge on any atom is -0.466 e. The van der Waals surface area contributed by atoms with Gasteiger partial charge in [0.1, 0.15) is 6.54 Å². The quantitative estimate of drug-likeness (QED) is 0.572. The molecule has 1 aromatic carbocycles. The number of carbonyl (C=O) groups is 2. The maximum Gasteiger partial charge on any atom is 0.309 e. The number of hydrogen-bond donors (Lipinski definition) is 3. The number of esters is 1. The zero-order valence-electron chi connectivity index (χ0n) is 16.4. The molecule has 0 atom stereocenters. The van der Waals surface area contributed by atoms with Crippen LogP contribution in [0.4, 0.5) is 5.69 Å². The lowest BCUT2D eigenvalue weighted by atomic mass is 9.97. The van der Waals surface area contributed by atoms with Gasteiger partial charge in [-0.05, 0) is 19.1 Å². The van der Waals surface area contributed by atoms with E-state index >= 15 is 0 Å². The smallest absolute Gasteiger partial charge is 0.309 e. The van der Waals surface area contributed by atoms with E-state index in [0.29, 0.717) is 13.2 Å². The van der Waals surface area contributed by atoms with Crippen LogP contribution in [0, 0.1) is 5.92 Å². The van der Waals surface area contributed by atoms with Gasteiger partial charge in [-0.1, -0.05) is 12.1 Å². The topological polar surface area (TPSA) is 64.3 Å². The highest BCUT2D eigenvalue weighted by atomic mass is 16.5. The summed E-state index contributed by atoms with van der Waals surface area (Å²) in [5.74, 6) is -0.0450. The Kier molecular flexibility index (Phi) is 7.24. The van der Waals surface area contributed by atoms with Crippen molar-refractivity contribution in [2.45, 2.75) is 39.2 Å². The predicted molar refractivity (Wildman–Crippen MR) is 104 cm³/mol. The first kappa shape index (κ1) is 19.8. The van der Waals surface area contributed by atoms with Crippen LogP contribution in [0.3, 0.4) is 0 Å². The van der Waals surface area contributed by atoms with Crippen LogP contribution >= 0.6 is 0 Å². The summed E-state index contributed by atoms with van der Waals surface area (Å²) in [5, 5.41) is 3.01. The van der Waals surface area contributed by atoms with Gasteiger partial charge in [-0.15, -0.1) is 0 Å². The Bertz CT molecular complexity index is 618. The maximum atomic E-state index is 12.3. The lowest BCUT2D eigenvalue weighted by molar-refractivity contribution is -0.901. The van der Waals surface area contributed by atoms with Gasteiger partial charge in [0.05, 0.1) is 38.7 Å². The molecule has 1 amide bonds. The van der Waals surface area contributed by atoms with Gasteiger partial charge in [0.2, 0.25) is 0 Å². The summed E-state index contributed by atoms with van der Waals surface area (Å²) in [6.07, 6.45) is 4.27. The molecule has 0 unspecified atom stereocenters. The lowest BCUT2D eigenvalue weighted by Crippen LogP contribution is -3.14. The number of carbonyl (C=O) groups excluding carboxylic acids is 2. The fraction of sp³-hybridized carbons (Fsp3) is 0.619. The Labute approximate surface area is 161 Å². The Morgan fingerprint density at radius 1 is 1.04 bits per heavy atom. The molecular formula is C21H33N3O3+2. The highest BCUT2D eigenvalue weighted by molar-refractivity contribution is 5.91. The molecule has 2 aliphatic heterocycles. The summed E-state index contributed by atoms with van der Waals surface area (Å²) in [4.78, 5) is 27.0. The molecule has 2 heterocycles. The standard InChI is InChI=1S/C21H31N3O3/c1-2-27-21(26)18-9-13-24(14-10-18)16-20(25)22-19-7-5-17(6-8-19)15-23-11-3-4-12-23/h5-8,18H,2-4,9-16H2,1H3,(H,22,25)/p+2. The molecule has 2 aliphatic rings. The number of benzene rings is 1. The van der Waals surface area contributed by atoms with Gasteiger partial charge in [0.25, 0.3) is 5.91 Å². The Hall–Kier alpha value is -1.92. The highest BCUT2D eigenvalue weighted by Gasteiger charge is 2.29. The number of rotatable bonds is 7. The van der Waals surface area contributed by atoms with Gasteiger partial charge < -0.3 is 19.9 Å². The second kappa shape index (κ2) is 9.85. The van der Waals surface area contributed by atoms with E-state index in [1.807, 2.05) is 19.1 Å². The minimum absolute atomic E-state index is 0.00189. The third kappa shape index (κ3) is 6.04. The van der Waals surface area contributed by atoms with Crippen LogP contribution in [-0.2, 0) is 20.9 Å². The van der Waals surface area contributed by atoms with Crippen molar-refractivity contribution in [2.75, 3.05) is 44.6 Å². The maximum absolute atomic E-state index is 12.3. The normalized spacial score (nSPS) is 23.1. The second-order valence-corrected chi connectivity index (χ2v) is 7.83. The molecule has 27 heavy (non-hydrogen) atoms. The summed E-state index contributed by atoms with van der Waals surface area (Å²) in [6, 6.07) is 8.26. The lowest BCUT2D eigenvalue weighted by Gasteiger charge is -2.27. The van der Waals surface area contributed by atoms with E-state index in [-0.39, 0.29) is 17.8 Å². The molecule has 0 aromatic heterocycles. The predicted octanol–water partition coefficient (Wildman–Crippen LogP) is -0.338. The van der Waals surface area contributed by atoms with Gasteiger partial charge in [0.15, 0.2) is 6.54 Å². The highest BCUT2D eigenvalue weighted by Crippen LogP contribution is 2.12. The fourth-order valence-corrected chi connectivity index (χ4v) is 4.18. The third-order valence-corrected chi connectivity index (χ3v) is 5.73. The number of amides is 1. The number of quaternary nitrogens is 2. The van der Waals surface area contributed by atoms with Crippen LogP contribution in [0.5, 0.6) is 0 Å². The molecule has 3 N–H and O–H groups in total. The zero-order chi connectivity index (χ0) is 19.1. The molecule has 6 heteroatoms. The van der Waals surface area contributed by atoms with Crippen molar-refractivity contribution in [1.29, 1.82) is 0 Å². The van der Waals surface area contributed by atoms with Gasteiger partial charge in [-0.3, -0.25) is 9.59 Å². The van der Waals surface area contributed by atoms with Crippen LogP contribution in [0.15, 0.2) is 24.3 Å². The largest absolute Gasteiger partial charge is 0.466 e. The number of nitrogens with one attached hydrogen (secondary N) is 3. The first-order chi connectivity index (χ1) is 13.1. The van der Waals surface area contributed by atoms with Gasteiger partial charge >= 0.3 is 5.97 Å². The molecule has 0 saturated carbocycles. The monoisotopic (exact) mass is 375 g/mol. The van der Waals surface area contributed by atoms with E-state index in [9.17, 15) is 9.59 Å².